The third-order valence-electron chi connectivity index (χ3n) is 5.35. The van der Waals surface area contributed by atoms with Crippen molar-refractivity contribution in [2.45, 2.75) is 26.0 Å². The lowest BCUT2D eigenvalue weighted by Crippen LogP contribution is -2.47. The van der Waals surface area contributed by atoms with Gasteiger partial charge in [-0.05, 0) is 18.6 Å². The standard InChI is InChI=1S/C18H19NO2/c1-17-9-5-8-15-18(17,10-11-21-15)13-19(16(17)20)12-14-6-3-2-4-7-14/h2-7,9-11,15H,8,12-13H2,1H3/t15-,17+,18+/m0/s1. The molecule has 1 saturated heterocycles. The van der Waals surface area contributed by atoms with Crippen LogP contribution in [0.25, 0.3) is 0 Å². The number of carbonyl (C=O) groups excluding carboxylic acids is 1. The van der Waals surface area contributed by atoms with Crippen molar-refractivity contribution >= 4 is 5.91 Å². The fraction of sp³-hybridized carbons (Fsp3) is 0.389. The van der Waals surface area contributed by atoms with Crippen molar-refractivity contribution in [3.05, 3.63) is 60.4 Å². The average Bonchev–Trinajstić information content (AvgIpc) is 3.00. The summed E-state index contributed by atoms with van der Waals surface area (Å²) in [6.07, 6.45) is 9.07. The van der Waals surface area contributed by atoms with Crippen LogP contribution in [0.15, 0.2) is 54.8 Å². The maximum atomic E-state index is 13.0. The van der Waals surface area contributed by atoms with Gasteiger partial charge in [0.05, 0.1) is 17.1 Å². The molecule has 4 rings (SSSR count). The predicted molar refractivity (Wildman–Crippen MR) is 80.2 cm³/mol. The van der Waals surface area contributed by atoms with E-state index in [0.29, 0.717) is 6.54 Å². The van der Waals surface area contributed by atoms with Crippen LogP contribution in [-0.4, -0.2) is 23.5 Å². The number of carbonyl (C=O) groups is 1. The zero-order valence-electron chi connectivity index (χ0n) is 12.2. The molecule has 3 atom stereocenters. The second-order valence-corrected chi connectivity index (χ2v) is 6.46. The van der Waals surface area contributed by atoms with Gasteiger partial charge >= 0.3 is 0 Å². The van der Waals surface area contributed by atoms with E-state index in [9.17, 15) is 4.79 Å². The van der Waals surface area contributed by atoms with Gasteiger partial charge in [-0.2, -0.15) is 0 Å². The van der Waals surface area contributed by atoms with Crippen LogP contribution in [0.4, 0.5) is 0 Å². The van der Waals surface area contributed by atoms with E-state index in [1.807, 2.05) is 23.1 Å². The lowest BCUT2D eigenvalue weighted by molar-refractivity contribution is -0.135. The molecule has 2 aliphatic heterocycles. The molecule has 1 aromatic rings. The van der Waals surface area contributed by atoms with Gasteiger partial charge in [-0.1, -0.05) is 42.5 Å². The van der Waals surface area contributed by atoms with Crippen molar-refractivity contribution in [2.75, 3.05) is 6.54 Å². The second kappa shape index (κ2) is 4.23. The monoisotopic (exact) mass is 281 g/mol. The van der Waals surface area contributed by atoms with Crippen LogP contribution in [0.5, 0.6) is 0 Å². The lowest BCUT2D eigenvalue weighted by Gasteiger charge is -2.40. The first-order chi connectivity index (χ1) is 10.2. The molecular formula is C18H19NO2. The molecular weight excluding hydrogens is 262 g/mol. The van der Waals surface area contributed by atoms with Gasteiger partial charge in [0, 0.05) is 19.5 Å². The molecule has 0 N–H and O–H groups in total. The molecule has 1 aromatic carbocycles. The Morgan fingerprint density at radius 2 is 2.10 bits per heavy atom. The lowest BCUT2D eigenvalue weighted by atomic mass is 9.60. The Hall–Kier alpha value is -2.03. The summed E-state index contributed by atoms with van der Waals surface area (Å²) < 4.78 is 5.76. The zero-order valence-corrected chi connectivity index (χ0v) is 12.2. The SMILES string of the molecule is C[C@]12C=CC[C@@H]3OC=C[C@@]31CN(Cc1ccccc1)C2=O. The molecule has 3 nitrogen and oxygen atoms in total. The molecule has 0 saturated carbocycles. The highest BCUT2D eigenvalue weighted by atomic mass is 16.5. The molecule has 0 aromatic heterocycles. The minimum absolute atomic E-state index is 0.0947. The van der Waals surface area contributed by atoms with Gasteiger partial charge in [0.25, 0.3) is 0 Å². The summed E-state index contributed by atoms with van der Waals surface area (Å²) in [7, 11) is 0. The molecule has 0 unspecified atom stereocenters. The highest BCUT2D eigenvalue weighted by Crippen LogP contribution is 2.57. The quantitative estimate of drug-likeness (QED) is 0.780. The molecule has 21 heavy (non-hydrogen) atoms. The zero-order chi connectivity index (χ0) is 14.5. The maximum Gasteiger partial charge on any atom is 0.233 e. The van der Waals surface area contributed by atoms with Gasteiger partial charge in [0.2, 0.25) is 5.91 Å². The molecule has 1 spiro atoms. The van der Waals surface area contributed by atoms with Crippen LogP contribution in [0.1, 0.15) is 18.9 Å². The number of hydrogen-bond donors (Lipinski definition) is 0. The number of amides is 1. The fourth-order valence-electron chi connectivity index (χ4n) is 4.08. The third kappa shape index (κ3) is 1.57. The highest BCUT2D eigenvalue weighted by Gasteiger charge is 2.64. The third-order valence-corrected chi connectivity index (χ3v) is 5.35. The Balaban J connectivity index is 1.70. The van der Waals surface area contributed by atoms with Gasteiger partial charge in [0.15, 0.2) is 0 Å². The number of likely N-dealkylation sites (tertiary alicyclic amines) is 1. The van der Waals surface area contributed by atoms with Gasteiger partial charge in [-0.3, -0.25) is 4.79 Å². The van der Waals surface area contributed by atoms with Gasteiger partial charge in [-0.15, -0.1) is 0 Å². The number of nitrogens with zero attached hydrogens (tertiary/aromatic N) is 1. The van der Waals surface area contributed by atoms with Crippen LogP contribution in [-0.2, 0) is 16.1 Å². The Kier molecular flexibility index (Phi) is 2.56. The molecule has 1 aliphatic carbocycles. The second-order valence-electron chi connectivity index (χ2n) is 6.46. The number of benzene rings is 1. The van der Waals surface area contributed by atoms with Crippen LogP contribution >= 0.6 is 0 Å². The average molecular weight is 281 g/mol. The summed E-state index contributed by atoms with van der Waals surface area (Å²) >= 11 is 0. The fourth-order valence-corrected chi connectivity index (χ4v) is 4.08. The summed E-state index contributed by atoms with van der Waals surface area (Å²) in [6.45, 7) is 3.47. The smallest absolute Gasteiger partial charge is 0.233 e. The first kappa shape index (κ1) is 12.7. The number of rotatable bonds is 2. The minimum Gasteiger partial charge on any atom is -0.497 e. The molecule has 1 fully saturated rings. The van der Waals surface area contributed by atoms with E-state index in [2.05, 4.69) is 37.3 Å². The molecule has 0 radical (unpaired) electrons. The molecule has 1 amide bonds. The van der Waals surface area contributed by atoms with E-state index in [-0.39, 0.29) is 17.4 Å². The van der Waals surface area contributed by atoms with Crippen molar-refractivity contribution in [2.24, 2.45) is 10.8 Å². The van der Waals surface area contributed by atoms with Crippen molar-refractivity contribution in [3.63, 3.8) is 0 Å². The summed E-state index contributed by atoms with van der Waals surface area (Å²) in [6, 6.07) is 10.2. The Morgan fingerprint density at radius 3 is 2.90 bits per heavy atom. The molecule has 2 heterocycles. The number of ether oxygens (including phenoxy) is 1. The van der Waals surface area contributed by atoms with E-state index in [1.54, 1.807) is 6.26 Å². The first-order valence-electron chi connectivity index (χ1n) is 7.50. The maximum absolute atomic E-state index is 13.0. The number of hydrogen-bond acceptors (Lipinski definition) is 2. The van der Waals surface area contributed by atoms with Crippen molar-refractivity contribution < 1.29 is 9.53 Å². The van der Waals surface area contributed by atoms with E-state index in [4.69, 9.17) is 4.74 Å². The highest BCUT2D eigenvalue weighted by molar-refractivity contribution is 5.89. The van der Waals surface area contributed by atoms with Gasteiger partial charge in [0.1, 0.15) is 6.10 Å². The van der Waals surface area contributed by atoms with E-state index < -0.39 is 5.41 Å². The van der Waals surface area contributed by atoms with E-state index in [1.165, 1.54) is 5.56 Å². The van der Waals surface area contributed by atoms with Crippen LogP contribution in [0.2, 0.25) is 0 Å². The van der Waals surface area contributed by atoms with E-state index in [0.717, 1.165) is 13.0 Å². The topological polar surface area (TPSA) is 29.5 Å². The Bertz CT molecular complexity index is 636. The van der Waals surface area contributed by atoms with Crippen LogP contribution in [0, 0.1) is 10.8 Å². The summed E-state index contributed by atoms with van der Waals surface area (Å²) in [5.41, 5.74) is 0.499. The van der Waals surface area contributed by atoms with Crippen molar-refractivity contribution in [3.8, 4) is 0 Å². The van der Waals surface area contributed by atoms with Crippen molar-refractivity contribution in [1.82, 2.24) is 4.90 Å². The Labute approximate surface area is 124 Å². The normalized spacial score (nSPS) is 36.5. The van der Waals surface area contributed by atoms with Crippen molar-refractivity contribution in [1.29, 1.82) is 0 Å². The molecule has 3 aliphatic rings. The Morgan fingerprint density at radius 1 is 1.29 bits per heavy atom. The van der Waals surface area contributed by atoms with Gasteiger partial charge in [-0.25, -0.2) is 0 Å². The first-order valence-corrected chi connectivity index (χ1v) is 7.50. The van der Waals surface area contributed by atoms with E-state index >= 15 is 0 Å². The molecule has 3 heteroatoms. The summed E-state index contributed by atoms with van der Waals surface area (Å²) in [4.78, 5) is 15.0. The minimum atomic E-state index is -0.475. The van der Waals surface area contributed by atoms with Gasteiger partial charge < -0.3 is 9.64 Å². The van der Waals surface area contributed by atoms with Crippen LogP contribution in [0.3, 0.4) is 0 Å². The molecule has 0 bridgehead atoms. The largest absolute Gasteiger partial charge is 0.497 e. The molecule has 108 valence electrons. The van der Waals surface area contributed by atoms with Crippen LogP contribution < -0.4 is 0 Å². The summed E-state index contributed by atoms with van der Waals surface area (Å²) in [5, 5.41) is 0. The predicted octanol–water partition coefficient (Wildman–Crippen LogP) is 2.89. The summed E-state index contributed by atoms with van der Waals surface area (Å²) in [5.74, 6) is 0.211.